The highest BCUT2D eigenvalue weighted by molar-refractivity contribution is 14.1. The van der Waals surface area contributed by atoms with Crippen LogP contribution in [0.5, 0.6) is 0 Å². The average Bonchev–Trinajstić information content (AvgIpc) is 2.30. The van der Waals surface area contributed by atoms with Crippen molar-refractivity contribution in [3.63, 3.8) is 0 Å². The van der Waals surface area contributed by atoms with Crippen molar-refractivity contribution >= 4 is 34.1 Å². The molecule has 0 fully saturated rings. The molecule has 0 aliphatic heterocycles. The summed E-state index contributed by atoms with van der Waals surface area (Å²) in [6.07, 6.45) is 5.11. The first-order chi connectivity index (χ1) is 7.27. The molecule has 2 aromatic rings. The van der Waals surface area contributed by atoms with Crippen molar-refractivity contribution in [3.8, 4) is 0 Å². The Kier molecular flexibility index (Phi) is 3.15. The van der Waals surface area contributed by atoms with E-state index in [2.05, 4.69) is 56.8 Å². The molecule has 0 spiro atoms. The topological polar surface area (TPSA) is 29.0 Å². The third kappa shape index (κ3) is 2.44. The summed E-state index contributed by atoms with van der Waals surface area (Å²) in [5, 5.41) is 0. The molecule has 0 saturated carbocycles. The molecule has 0 unspecified atom stereocenters. The maximum Gasteiger partial charge on any atom is 0.151 e. The Morgan fingerprint density at radius 3 is 2.47 bits per heavy atom. The molecular formula is C11H10IN3. The van der Waals surface area contributed by atoms with Crippen LogP contribution in [0.4, 0.5) is 11.5 Å². The second-order valence-electron chi connectivity index (χ2n) is 3.10. The highest BCUT2D eigenvalue weighted by atomic mass is 127. The molecule has 1 aromatic carbocycles. The Morgan fingerprint density at radius 1 is 1.13 bits per heavy atom. The lowest BCUT2D eigenvalue weighted by molar-refractivity contribution is 1.09. The van der Waals surface area contributed by atoms with Crippen molar-refractivity contribution in [2.24, 2.45) is 0 Å². The average molecular weight is 311 g/mol. The zero-order valence-corrected chi connectivity index (χ0v) is 10.4. The van der Waals surface area contributed by atoms with Crippen molar-refractivity contribution in [1.29, 1.82) is 0 Å². The maximum atomic E-state index is 4.24. The molecule has 2 rings (SSSR count). The van der Waals surface area contributed by atoms with E-state index in [0.717, 1.165) is 11.5 Å². The summed E-state index contributed by atoms with van der Waals surface area (Å²) in [6, 6.07) is 8.28. The van der Waals surface area contributed by atoms with Gasteiger partial charge in [0.15, 0.2) is 5.82 Å². The zero-order chi connectivity index (χ0) is 10.7. The fourth-order valence-electron chi connectivity index (χ4n) is 1.26. The lowest BCUT2D eigenvalue weighted by Gasteiger charge is -2.17. The van der Waals surface area contributed by atoms with Gasteiger partial charge in [0.05, 0.1) is 6.20 Å². The van der Waals surface area contributed by atoms with Gasteiger partial charge < -0.3 is 4.90 Å². The lowest BCUT2D eigenvalue weighted by Crippen LogP contribution is -2.10. The third-order valence-electron chi connectivity index (χ3n) is 2.11. The first-order valence-electron chi connectivity index (χ1n) is 4.52. The summed E-state index contributed by atoms with van der Waals surface area (Å²) in [4.78, 5) is 10.3. The minimum atomic E-state index is 0.846. The van der Waals surface area contributed by atoms with Crippen LogP contribution < -0.4 is 4.90 Å². The molecule has 0 N–H and O–H groups in total. The number of anilines is 2. The fourth-order valence-corrected chi connectivity index (χ4v) is 1.62. The van der Waals surface area contributed by atoms with E-state index in [-0.39, 0.29) is 0 Å². The van der Waals surface area contributed by atoms with Gasteiger partial charge in [0.2, 0.25) is 0 Å². The van der Waals surface area contributed by atoms with Gasteiger partial charge in [-0.25, -0.2) is 4.98 Å². The number of benzene rings is 1. The highest BCUT2D eigenvalue weighted by Crippen LogP contribution is 2.21. The molecule has 0 atom stereocenters. The summed E-state index contributed by atoms with van der Waals surface area (Å²) < 4.78 is 1.23. The summed E-state index contributed by atoms with van der Waals surface area (Å²) in [5.74, 6) is 0.846. The van der Waals surface area contributed by atoms with Gasteiger partial charge in [-0.1, -0.05) is 0 Å². The van der Waals surface area contributed by atoms with Crippen LogP contribution >= 0.6 is 22.6 Å². The van der Waals surface area contributed by atoms with Crippen molar-refractivity contribution in [1.82, 2.24) is 9.97 Å². The minimum absolute atomic E-state index is 0.846. The van der Waals surface area contributed by atoms with Crippen LogP contribution in [0.3, 0.4) is 0 Å². The van der Waals surface area contributed by atoms with Gasteiger partial charge in [-0.3, -0.25) is 4.98 Å². The molecule has 0 amide bonds. The molecule has 0 saturated heterocycles. The van der Waals surface area contributed by atoms with Crippen LogP contribution in [0.25, 0.3) is 0 Å². The molecule has 1 heterocycles. The number of hydrogen-bond acceptors (Lipinski definition) is 3. The molecule has 0 aliphatic rings. The number of nitrogens with zero attached hydrogens (tertiary/aromatic N) is 3. The summed E-state index contributed by atoms with van der Waals surface area (Å²) in [6.45, 7) is 0. The molecule has 0 bridgehead atoms. The van der Waals surface area contributed by atoms with Crippen LogP contribution in [0.1, 0.15) is 0 Å². The van der Waals surface area contributed by atoms with E-state index in [1.807, 2.05) is 11.9 Å². The van der Waals surface area contributed by atoms with E-state index in [0.29, 0.717) is 0 Å². The first-order valence-corrected chi connectivity index (χ1v) is 5.60. The van der Waals surface area contributed by atoms with Gasteiger partial charge in [0, 0.05) is 28.7 Å². The largest absolute Gasteiger partial charge is 0.328 e. The van der Waals surface area contributed by atoms with E-state index in [1.165, 1.54) is 3.57 Å². The second kappa shape index (κ2) is 4.57. The van der Waals surface area contributed by atoms with Gasteiger partial charge in [-0.05, 0) is 46.9 Å². The number of aromatic nitrogens is 2. The Morgan fingerprint density at radius 2 is 1.87 bits per heavy atom. The Balaban J connectivity index is 2.29. The number of halogens is 1. The monoisotopic (exact) mass is 311 g/mol. The Bertz CT molecular complexity index is 427. The SMILES string of the molecule is CN(c1ccc(I)cc1)c1cnccn1. The van der Waals surface area contributed by atoms with Crippen LogP contribution in [-0.4, -0.2) is 17.0 Å². The van der Waals surface area contributed by atoms with E-state index in [4.69, 9.17) is 0 Å². The first kappa shape index (κ1) is 10.4. The fraction of sp³-hybridized carbons (Fsp3) is 0.0909. The number of hydrogen-bond donors (Lipinski definition) is 0. The zero-order valence-electron chi connectivity index (χ0n) is 8.26. The van der Waals surface area contributed by atoms with Gasteiger partial charge in [-0.15, -0.1) is 0 Å². The van der Waals surface area contributed by atoms with Crippen molar-refractivity contribution < 1.29 is 0 Å². The van der Waals surface area contributed by atoms with Crippen LogP contribution in [0.2, 0.25) is 0 Å². The molecular weight excluding hydrogens is 301 g/mol. The van der Waals surface area contributed by atoms with Crippen LogP contribution in [-0.2, 0) is 0 Å². The minimum Gasteiger partial charge on any atom is -0.328 e. The quantitative estimate of drug-likeness (QED) is 0.799. The van der Waals surface area contributed by atoms with E-state index < -0.39 is 0 Å². The van der Waals surface area contributed by atoms with Crippen LogP contribution in [0, 0.1) is 3.57 Å². The van der Waals surface area contributed by atoms with Gasteiger partial charge in [0.1, 0.15) is 0 Å². The van der Waals surface area contributed by atoms with E-state index >= 15 is 0 Å². The van der Waals surface area contributed by atoms with Gasteiger partial charge in [0.25, 0.3) is 0 Å². The maximum absolute atomic E-state index is 4.24. The summed E-state index contributed by atoms with van der Waals surface area (Å²) in [7, 11) is 1.98. The van der Waals surface area contributed by atoms with Crippen molar-refractivity contribution in [3.05, 3.63) is 46.4 Å². The normalized spacial score (nSPS) is 10.0. The van der Waals surface area contributed by atoms with Crippen LogP contribution in [0.15, 0.2) is 42.9 Å². The van der Waals surface area contributed by atoms with Crippen molar-refractivity contribution in [2.75, 3.05) is 11.9 Å². The standard InChI is InChI=1S/C11H10IN3/c1-15(11-8-13-6-7-14-11)10-4-2-9(12)3-5-10/h2-8H,1H3. The Labute approximate surface area is 102 Å². The second-order valence-corrected chi connectivity index (χ2v) is 4.34. The van der Waals surface area contributed by atoms with Crippen molar-refractivity contribution in [2.45, 2.75) is 0 Å². The molecule has 4 heteroatoms. The highest BCUT2D eigenvalue weighted by Gasteiger charge is 2.03. The molecule has 3 nitrogen and oxygen atoms in total. The van der Waals surface area contributed by atoms with E-state index in [9.17, 15) is 0 Å². The predicted molar refractivity (Wildman–Crippen MR) is 69.3 cm³/mol. The molecule has 0 aliphatic carbocycles. The molecule has 1 aromatic heterocycles. The van der Waals surface area contributed by atoms with Gasteiger partial charge >= 0.3 is 0 Å². The molecule has 15 heavy (non-hydrogen) atoms. The summed E-state index contributed by atoms with van der Waals surface area (Å²) in [5.41, 5.74) is 1.11. The summed E-state index contributed by atoms with van der Waals surface area (Å²) >= 11 is 2.29. The predicted octanol–water partition coefficient (Wildman–Crippen LogP) is 2.85. The van der Waals surface area contributed by atoms with E-state index in [1.54, 1.807) is 18.6 Å². The van der Waals surface area contributed by atoms with Gasteiger partial charge in [-0.2, -0.15) is 0 Å². The lowest BCUT2D eigenvalue weighted by atomic mass is 10.3. The Hall–Kier alpha value is -1.17. The molecule has 76 valence electrons. The molecule has 0 radical (unpaired) electrons. The third-order valence-corrected chi connectivity index (χ3v) is 2.83. The number of rotatable bonds is 2. The smallest absolute Gasteiger partial charge is 0.151 e.